The zero-order valence-electron chi connectivity index (χ0n) is 13.6. The van der Waals surface area contributed by atoms with E-state index in [0.717, 1.165) is 0 Å². The molecule has 0 bridgehead atoms. The maximum absolute atomic E-state index is 12.1. The Kier molecular flexibility index (Phi) is 6.00. The SMILES string of the molecule is CCOc1ccc(C(=O)NNC(=O)[C@H]2CCCN(C(N)=O)C2)cc1. The van der Waals surface area contributed by atoms with E-state index >= 15 is 0 Å². The van der Waals surface area contributed by atoms with E-state index in [1.165, 1.54) is 4.90 Å². The molecule has 0 radical (unpaired) electrons. The van der Waals surface area contributed by atoms with Gasteiger partial charge >= 0.3 is 6.03 Å². The third-order valence-electron chi connectivity index (χ3n) is 3.83. The fourth-order valence-corrected chi connectivity index (χ4v) is 2.55. The second-order valence-corrected chi connectivity index (χ2v) is 5.52. The molecule has 24 heavy (non-hydrogen) atoms. The average molecular weight is 334 g/mol. The first-order chi connectivity index (χ1) is 11.5. The fourth-order valence-electron chi connectivity index (χ4n) is 2.55. The molecule has 0 aliphatic carbocycles. The summed E-state index contributed by atoms with van der Waals surface area (Å²) in [7, 11) is 0. The third kappa shape index (κ3) is 4.61. The normalized spacial score (nSPS) is 17.0. The molecular weight excluding hydrogens is 312 g/mol. The quantitative estimate of drug-likeness (QED) is 0.701. The number of nitrogens with one attached hydrogen (secondary N) is 2. The van der Waals surface area contributed by atoms with E-state index in [1.807, 2.05) is 6.92 Å². The van der Waals surface area contributed by atoms with E-state index in [1.54, 1.807) is 24.3 Å². The van der Waals surface area contributed by atoms with E-state index in [0.29, 0.717) is 37.3 Å². The van der Waals surface area contributed by atoms with Crippen molar-refractivity contribution in [3.8, 4) is 5.75 Å². The molecule has 4 N–H and O–H groups in total. The van der Waals surface area contributed by atoms with Gasteiger partial charge in [-0.1, -0.05) is 0 Å². The monoisotopic (exact) mass is 334 g/mol. The van der Waals surface area contributed by atoms with Crippen molar-refractivity contribution < 1.29 is 19.1 Å². The van der Waals surface area contributed by atoms with E-state index < -0.39 is 11.9 Å². The Morgan fingerprint density at radius 1 is 1.25 bits per heavy atom. The molecule has 1 aliphatic rings. The highest BCUT2D eigenvalue weighted by Gasteiger charge is 2.27. The van der Waals surface area contributed by atoms with Gasteiger partial charge in [-0.3, -0.25) is 20.4 Å². The van der Waals surface area contributed by atoms with Gasteiger partial charge in [0.1, 0.15) is 5.75 Å². The molecule has 0 aromatic heterocycles. The smallest absolute Gasteiger partial charge is 0.314 e. The molecule has 1 heterocycles. The number of nitrogens with two attached hydrogens (primary N) is 1. The summed E-state index contributed by atoms with van der Waals surface area (Å²) < 4.78 is 5.30. The Bertz CT molecular complexity index is 603. The number of ether oxygens (including phenoxy) is 1. The van der Waals surface area contributed by atoms with Crippen LogP contribution < -0.4 is 21.3 Å². The summed E-state index contributed by atoms with van der Waals surface area (Å²) in [4.78, 5) is 36.8. The molecule has 0 spiro atoms. The maximum Gasteiger partial charge on any atom is 0.314 e. The summed E-state index contributed by atoms with van der Waals surface area (Å²) in [6, 6.07) is 6.06. The number of hydrogen-bond donors (Lipinski definition) is 3. The standard InChI is InChI=1S/C16H22N4O4/c1-2-24-13-7-5-11(6-8-13)14(21)18-19-15(22)12-4-3-9-20(10-12)16(17)23/h5-8,12H,2-4,9-10H2,1H3,(H2,17,23)(H,18,21)(H,19,22)/t12-/m0/s1. The van der Waals surface area contributed by atoms with Crippen molar-refractivity contribution in [2.24, 2.45) is 11.7 Å². The van der Waals surface area contributed by atoms with Crippen molar-refractivity contribution in [1.82, 2.24) is 15.8 Å². The molecule has 130 valence electrons. The summed E-state index contributed by atoms with van der Waals surface area (Å²) in [6.07, 6.45) is 1.35. The Balaban J connectivity index is 1.84. The van der Waals surface area contributed by atoms with Gasteiger partial charge in [0.15, 0.2) is 0 Å². The van der Waals surface area contributed by atoms with E-state index in [-0.39, 0.29) is 18.4 Å². The van der Waals surface area contributed by atoms with Crippen LogP contribution in [0.2, 0.25) is 0 Å². The van der Waals surface area contributed by atoms with Crippen molar-refractivity contribution >= 4 is 17.8 Å². The van der Waals surface area contributed by atoms with E-state index in [4.69, 9.17) is 10.5 Å². The first-order valence-corrected chi connectivity index (χ1v) is 7.88. The molecular formula is C16H22N4O4. The van der Waals surface area contributed by atoms with Crippen LogP contribution >= 0.6 is 0 Å². The van der Waals surface area contributed by atoms with Crippen LogP contribution in [0.3, 0.4) is 0 Å². The fraction of sp³-hybridized carbons (Fsp3) is 0.438. The predicted octanol–water partition coefficient (Wildman–Crippen LogP) is 0.637. The van der Waals surface area contributed by atoms with Gasteiger partial charge in [-0.2, -0.15) is 0 Å². The number of piperidine rings is 1. The van der Waals surface area contributed by atoms with Crippen molar-refractivity contribution in [3.63, 3.8) is 0 Å². The molecule has 8 nitrogen and oxygen atoms in total. The largest absolute Gasteiger partial charge is 0.494 e. The average Bonchev–Trinajstić information content (AvgIpc) is 2.60. The number of nitrogens with zero attached hydrogens (tertiary/aromatic N) is 1. The van der Waals surface area contributed by atoms with Crippen LogP contribution in [-0.2, 0) is 4.79 Å². The van der Waals surface area contributed by atoms with Crippen LogP contribution in [0.4, 0.5) is 4.79 Å². The number of carbonyl (C=O) groups is 3. The predicted molar refractivity (Wildman–Crippen MR) is 87.1 cm³/mol. The molecule has 1 atom stereocenters. The lowest BCUT2D eigenvalue weighted by Gasteiger charge is -2.30. The van der Waals surface area contributed by atoms with Gasteiger partial charge in [-0.15, -0.1) is 0 Å². The Labute approximate surface area is 140 Å². The highest BCUT2D eigenvalue weighted by molar-refractivity contribution is 5.95. The number of hydrogen-bond acceptors (Lipinski definition) is 4. The molecule has 4 amide bonds. The van der Waals surface area contributed by atoms with Crippen LogP contribution in [-0.4, -0.2) is 42.4 Å². The zero-order chi connectivity index (χ0) is 17.5. The molecule has 1 aromatic carbocycles. The number of carbonyl (C=O) groups excluding carboxylic acids is 3. The summed E-state index contributed by atoms with van der Waals surface area (Å²) in [5.74, 6) is -0.465. The molecule has 1 fully saturated rings. The molecule has 1 aliphatic heterocycles. The zero-order valence-corrected chi connectivity index (χ0v) is 13.6. The van der Waals surface area contributed by atoms with Gasteiger partial charge in [-0.25, -0.2) is 4.79 Å². The van der Waals surface area contributed by atoms with Crippen LogP contribution in [0.25, 0.3) is 0 Å². The van der Waals surface area contributed by atoms with E-state index in [9.17, 15) is 14.4 Å². The first-order valence-electron chi connectivity index (χ1n) is 7.88. The molecule has 1 saturated heterocycles. The maximum atomic E-state index is 12.1. The van der Waals surface area contributed by atoms with Gasteiger partial charge < -0.3 is 15.4 Å². The van der Waals surface area contributed by atoms with E-state index in [2.05, 4.69) is 10.9 Å². The van der Waals surface area contributed by atoms with Crippen molar-refractivity contribution in [1.29, 1.82) is 0 Å². The Hall–Kier alpha value is -2.77. The van der Waals surface area contributed by atoms with Crippen LogP contribution in [0.1, 0.15) is 30.1 Å². The topological polar surface area (TPSA) is 114 Å². The van der Waals surface area contributed by atoms with Crippen LogP contribution in [0.5, 0.6) is 5.75 Å². The Morgan fingerprint density at radius 2 is 1.96 bits per heavy atom. The number of benzene rings is 1. The number of hydrazine groups is 1. The number of amides is 4. The Morgan fingerprint density at radius 3 is 2.58 bits per heavy atom. The number of primary amides is 1. The highest BCUT2D eigenvalue weighted by Crippen LogP contribution is 2.16. The third-order valence-corrected chi connectivity index (χ3v) is 3.83. The van der Waals surface area contributed by atoms with Crippen molar-refractivity contribution in [2.45, 2.75) is 19.8 Å². The minimum Gasteiger partial charge on any atom is -0.494 e. The lowest BCUT2D eigenvalue weighted by atomic mass is 9.98. The summed E-state index contributed by atoms with van der Waals surface area (Å²) in [5, 5.41) is 0. The van der Waals surface area contributed by atoms with Gasteiger partial charge in [0, 0.05) is 18.7 Å². The lowest BCUT2D eigenvalue weighted by Crippen LogP contribution is -2.50. The number of urea groups is 1. The summed E-state index contributed by atoms with van der Waals surface area (Å²) in [5.41, 5.74) is 10.4. The van der Waals surface area contributed by atoms with Gasteiger partial charge in [-0.05, 0) is 44.0 Å². The van der Waals surface area contributed by atoms with Gasteiger partial charge in [0.25, 0.3) is 5.91 Å². The molecule has 0 saturated carbocycles. The summed E-state index contributed by atoms with van der Waals surface area (Å²) in [6.45, 7) is 3.24. The molecule has 0 unspecified atom stereocenters. The van der Waals surface area contributed by atoms with Crippen LogP contribution in [0.15, 0.2) is 24.3 Å². The van der Waals surface area contributed by atoms with Crippen molar-refractivity contribution in [2.75, 3.05) is 19.7 Å². The lowest BCUT2D eigenvalue weighted by molar-refractivity contribution is -0.127. The first kappa shape index (κ1) is 17.6. The minimum absolute atomic E-state index is 0.264. The number of likely N-dealkylation sites (tertiary alicyclic amines) is 1. The van der Waals surface area contributed by atoms with Crippen LogP contribution in [0, 0.1) is 5.92 Å². The molecule has 2 rings (SSSR count). The summed E-state index contributed by atoms with van der Waals surface area (Å²) >= 11 is 0. The van der Waals surface area contributed by atoms with Gasteiger partial charge in [0.05, 0.1) is 12.5 Å². The van der Waals surface area contributed by atoms with Crippen molar-refractivity contribution in [3.05, 3.63) is 29.8 Å². The highest BCUT2D eigenvalue weighted by atomic mass is 16.5. The number of rotatable bonds is 4. The molecule has 8 heteroatoms. The molecule has 1 aromatic rings. The van der Waals surface area contributed by atoms with Gasteiger partial charge in [0.2, 0.25) is 5.91 Å². The minimum atomic E-state index is -0.536. The second kappa shape index (κ2) is 8.19. The second-order valence-electron chi connectivity index (χ2n) is 5.52.